The Hall–Kier alpha value is -0.810. The van der Waals surface area contributed by atoms with Crippen molar-refractivity contribution in [2.24, 2.45) is 0 Å². The van der Waals surface area contributed by atoms with Crippen LogP contribution < -0.4 is 4.74 Å². The molecule has 1 aromatic heterocycles. The highest BCUT2D eigenvalue weighted by Crippen LogP contribution is 2.35. The first kappa shape index (κ1) is 13.2. The molecule has 1 saturated carbocycles. The number of nitrogens with zero attached hydrogens (tertiary/aromatic N) is 3. The molecule has 0 radical (unpaired) electrons. The normalized spacial score (nSPS) is 27.8. The zero-order valence-electron chi connectivity index (χ0n) is 11.4. The standard InChI is InChI=1S/C14H21N3OS/c1-18-14-7-6-11(15-16-14)10-17-8-9-19-13-5-3-2-4-12(13)17/h6-7,12-13H,2-5,8-10H2,1H3/t12-,13+/m1/s1. The van der Waals surface area contributed by atoms with Crippen molar-refractivity contribution in [2.45, 2.75) is 43.5 Å². The minimum atomic E-state index is 0.591. The molecule has 3 rings (SSSR count). The van der Waals surface area contributed by atoms with Gasteiger partial charge in [-0.25, -0.2) is 0 Å². The maximum atomic E-state index is 5.05. The minimum Gasteiger partial charge on any atom is -0.480 e. The summed E-state index contributed by atoms with van der Waals surface area (Å²) < 4.78 is 5.05. The van der Waals surface area contributed by atoms with Gasteiger partial charge in [0.2, 0.25) is 5.88 Å². The van der Waals surface area contributed by atoms with E-state index < -0.39 is 0 Å². The maximum absolute atomic E-state index is 5.05. The van der Waals surface area contributed by atoms with Gasteiger partial charge in [-0.2, -0.15) is 16.9 Å². The number of fused-ring (bicyclic) bond motifs is 1. The fourth-order valence-corrected chi connectivity index (χ4v) is 4.63. The minimum absolute atomic E-state index is 0.591. The first-order valence-corrected chi connectivity index (χ1v) is 8.14. The third kappa shape index (κ3) is 3.03. The van der Waals surface area contributed by atoms with E-state index in [9.17, 15) is 0 Å². The molecule has 104 valence electrons. The first-order chi connectivity index (χ1) is 9.36. The number of aromatic nitrogens is 2. The summed E-state index contributed by atoms with van der Waals surface area (Å²) in [5.41, 5.74) is 1.05. The van der Waals surface area contributed by atoms with Crippen molar-refractivity contribution in [3.8, 4) is 5.88 Å². The predicted octanol–water partition coefficient (Wildman–Crippen LogP) is 2.35. The molecule has 1 aliphatic carbocycles. The van der Waals surface area contributed by atoms with Gasteiger partial charge in [0.05, 0.1) is 12.8 Å². The summed E-state index contributed by atoms with van der Waals surface area (Å²) >= 11 is 2.17. The smallest absolute Gasteiger partial charge is 0.233 e. The van der Waals surface area contributed by atoms with Crippen LogP contribution in [0.25, 0.3) is 0 Å². The van der Waals surface area contributed by atoms with Gasteiger partial charge in [0.25, 0.3) is 0 Å². The molecule has 4 nitrogen and oxygen atoms in total. The summed E-state index contributed by atoms with van der Waals surface area (Å²) in [6, 6.07) is 4.68. The Morgan fingerprint density at radius 1 is 1.32 bits per heavy atom. The topological polar surface area (TPSA) is 38.2 Å². The molecule has 0 unspecified atom stereocenters. The van der Waals surface area contributed by atoms with Crippen molar-refractivity contribution in [2.75, 3.05) is 19.4 Å². The van der Waals surface area contributed by atoms with E-state index in [0.717, 1.165) is 23.5 Å². The van der Waals surface area contributed by atoms with Gasteiger partial charge in [-0.15, -0.1) is 5.10 Å². The van der Waals surface area contributed by atoms with Crippen LogP contribution >= 0.6 is 11.8 Å². The predicted molar refractivity (Wildman–Crippen MR) is 77.5 cm³/mol. The van der Waals surface area contributed by atoms with Crippen LogP contribution in [0.3, 0.4) is 0 Å². The summed E-state index contributed by atoms with van der Waals surface area (Å²) in [5.74, 6) is 1.85. The average molecular weight is 279 g/mol. The van der Waals surface area contributed by atoms with E-state index >= 15 is 0 Å². The van der Waals surface area contributed by atoms with E-state index in [4.69, 9.17) is 4.74 Å². The van der Waals surface area contributed by atoms with Crippen LogP contribution in [-0.2, 0) is 6.54 Å². The largest absolute Gasteiger partial charge is 0.480 e. The number of hydrogen-bond donors (Lipinski definition) is 0. The molecule has 19 heavy (non-hydrogen) atoms. The highest BCUT2D eigenvalue weighted by Gasteiger charge is 2.33. The second kappa shape index (κ2) is 6.09. The zero-order chi connectivity index (χ0) is 13.1. The number of rotatable bonds is 3. The Bertz CT molecular complexity index is 410. The molecule has 2 fully saturated rings. The molecule has 5 heteroatoms. The molecule has 1 aromatic rings. The highest BCUT2D eigenvalue weighted by molar-refractivity contribution is 8.00. The zero-order valence-corrected chi connectivity index (χ0v) is 12.2. The molecular weight excluding hydrogens is 258 g/mol. The van der Waals surface area contributed by atoms with Crippen LogP contribution in [0.1, 0.15) is 31.4 Å². The lowest BCUT2D eigenvalue weighted by atomic mass is 9.93. The fraction of sp³-hybridized carbons (Fsp3) is 0.714. The van der Waals surface area contributed by atoms with Crippen molar-refractivity contribution in [3.05, 3.63) is 17.8 Å². The van der Waals surface area contributed by atoms with E-state index in [-0.39, 0.29) is 0 Å². The number of ether oxygens (including phenoxy) is 1. The lowest BCUT2D eigenvalue weighted by Crippen LogP contribution is -2.48. The Morgan fingerprint density at radius 2 is 2.21 bits per heavy atom. The van der Waals surface area contributed by atoms with Gasteiger partial charge in [0.1, 0.15) is 0 Å². The van der Waals surface area contributed by atoms with Crippen LogP contribution in [0, 0.1) is 0 Å². The molecule has 0 aromatic carbocycles. The van der Waals surface area contributed by atoms with Crippen LogP contribution in [0.15, 0.2) is 12.1 Å². The van der Waals surface area contributed by atoms with Crippen LogP contribution in [-0.4, -0.2) is 45.8 Å². The second-order valence-corrected chi connectivity index (χ2v) is 6.65. The van der Waals surface area contributed by atoms with Crippen molar-refractivity contribution >= 4 is 11.8 Å². The summed E-state index contributed by atoms with van der Waals surface area (Å²) in [5, 5.41) is 9.16. The average Bonchev–Trinajstić information content (AvgIpc) is 2.48. The van der Waals surface area contributed by atoms with E-state index in [1.54, 1.807) is 7.11 Å². The van der Waals surface area contributed by atoms with Gasteiger partial charge in [0, 0.05) is 36.2 Å². The van der Waals surface area contributed by atoms with Gasteiger partial charge in [-0.1, -0.05) is 12.8 Å². The van der Waals surface area contributed by atoms with E-state index in [1.807, 2.05) is 12.1 Å². The maximum Gasteiger partial charge on any atom is 0.233 e. The summed E-state index contributed by atoms with van der Waals surface area (Å²) in [6.07, 6.45) is 5.53. The quantitative estimate of drug-likeness (QED) is 0.849. The van der Waals surface area contributed by atoms with Gasteiger partial charge in [0.15, 0.2) is 0 Å². The molecule has 0 amide bonds. The molecule has 1 aliphatic heterocycles. The lowest BCUT2D eigenvalue weighted by molar-refractivity contribution is 0.153. The number of thioether (sulfide) groups is 1. The Balaban J connectivity index is 1.66. The molecule has 2 heterocycles. The van der Waals surface area contributed by atoms with Gasteiger partial charge >= 0.3 is 0 Å². The lowest BCUT2D eigenvalue weighted by Gasteiger charge is -2.43. The molecule has 2 aliphatic rings. The van der Waals surface area contributed by atoms with Crippen molar-refractivity contribution in [1.82, 2.24) is 15.1 Å². The third-order valence-corrected chi connectivity index (χ3v) is 5.51. The molecule has 1 saturated heterocycles. The number of methoxy groups -OCH3 is 1. The summed E-state index contributed by atoms with van der Waals surface area (Å²) in [6.45, 7) is 2.11. The van der Waals surface area contributed by atoms with Crippen LogP contribution in [0.4, 0.5) is 0 Å². The summed E-state index contributed by atoms with van der Waals surface area (Å²) in [4.78, 5) is 2.61. The highest BCUT2D eigenvalue weighted by atomic mass is 32.2. The van der Waals surface area contributed by atoms with E-state index in [0.29, 0.717) is 5.88 Å². The monoisotopic (exact) mass is 279 g/mol. The van der Waals surface area contributed by atoms with Gasteiger partial charge in [-0.05, 0) is 18.9 Å². The third-order valence-electron chi connectivity index (χ3n) is 4.12. The molecule has 2 atom stereocenters. The van der Waals surface area contributed by atoms with Crippen LogP contribution in [0.2, 0.25) is 0 Å². The van der Waals surface area contributed by atoms with Crippen LogP contribution in [0.5, 0.6) is 5.88 Å². The van der Waals surface area contributed by atoms with Gasteiger partial charge < -0.3 is 4.74 Å². The molecule has 0 N–H and O–H groups in total. The fourth-order valence-electron chi connectivity index (χ4n) is 3.12. The van der Waals surface area contributed by atoms with Crippen molar-refractivity contribution in [1.29, 1.82) is 0 Å². The van der Waals surface area contributed by atoms with E-state index in [1.165, 1.54) is 38.0 Å². The molecule has 0 spiro atoms. The number of hydrogen-bond acceptors (Lipinski definition) is 5. The van der Waals surface area contributed by atoms with Crippen molar-refractivity contribution in [3.63, 3.8) is 0 Å². The molecular formula is C14H21N3OS. The van der Waals surface area contributed by atoms with Crippen molar-refractivity contribution < 1.29 is 4.74 Å². The first-order valence-electron chi connectivity index (χ1n) is 7.09. The Labute approximate surface area is 118 Å². The Morgan fingerprint density at radius 3 is 3.00 bits per heavy atom. The SMILES string of the molecule is COc1ccc(CN2CCS[C@H]3CCCC[C@H]32)nn1. The Kier molecular flexibility index (Phi) is 4.23. The second-order valence-electron chi connectivity index (χ2n) is 5.30. The molecule has 0 bridgehead atoms. The van der Waals surface area contributed by atoms with E-state index in [2.05, 4.69) is 26.9 Å². The van der Waals surface area contributed by atoms with Gasteiger partial charge in [-0.3, -0.25) is 4.90 Å². The summed E-state index contributed by atoms with van der Waals surface area (Å²) in [7, 11) is 1.62.